The molecule has 2 fully saturated rings. The third kappa shape index (κ3) is 2.69. The number of amides is 1. The minimum Gasteiger partial charge on any atom is -0.370 e. The lowest BCUT2D eigenvalue weighted by Crippen LogP contribution is -2.54. The third-order valence-corrected chi connectivity index (χ3v) is 3.35. The van der Waals surface area contributed by atoms with Crippen LogP contribution < -0.4 is 5.73 Å². The number of piperazine rings is 1. The molecule has 96 valence electrons. The van der Waals surface area contributed by atoms with Crippen molar-refractivity contribution in [2.24, 2.45) is 10.7 Å². The summed E-state index contributed by atoms with van der Waals surface area (Å²) in [7, 11) is 1.68. The molecule has 0 aliphatic carbocycles. The highest BCUT2D eigenvalue weighted by Gasteiger charge is 2.30. The van der Waals surface area contributed by atoms with Crippen LogP contribution in [0.1, 0.15) is 12.8 Å². The molecule has 1 unspecified atom stereocenters. The van der Waals surface area contributed by atoms with Gasteiger partial charge in [0.1, 0.15) is 6.10 Å². The largest absolute Gasteiger partial charge is 0.370 e. The molecule has 17 heavy (non-hydrogen) atoms. The number of carbonyl (C=O) groups is 1. The second kappa shape index (κ2) is 5.35. The highest BCUT2D eigenvalue weighted by Crippen LogP contribution is 2.15. The minimum atomic E-state index is -0.210. The van der Waals surface area contributed by atoms with Crippen molar-refractivity contribution in [1.82, 2.24) is 9.80 Å². The summed E-state index contributed by atoms with van der Waals surface area (Å²) in [6, 6.07) is 0. The molecular formula is C11H20N4O2. The van der Waals surface area contributed by atoms with E-state index in [4.69, 9.17) is 10.5 Å². The van der Waals surface area contributed by atoms with Crippen molar-refractivity contribution in [1.29, 1.82) is 0 Å². The van der Waals surface area contributed by atoms with Gasteiger partial charge in [0.05, 0.1) is 0 Å². The summed E-state index contributed by atoms with van der Waals surface area (Å²) in [5.74, 6) is 0.684. The normalized spacial score (nSPS) is 26.4. The third-order valence-electron chi connectivity index (χ3n) is 3.35. The quantitative estimate of drug-likeness (QED) is 0.484. The number of hydrogen-bond donors (Lipinski definition) is 1. The number of rotatable bonds is 1. The molecule has 1 amide bonds. The fraction of sp³-hybridized carbons (Fsp3) is 0.818. The Hall–Kier alpha value is -1.30. The Morgan fingerprint density at radius 2 is 1.94 bits per heavy atom. The van der Waals surface area contributed by atoms with Crippen LogP contribution in [0.25, 0.3) is 0 Å². The second-order valence-corrected chi connectivity index (χ2v) is 4.40. The predicted molar refractivity (Wildman–Crippen MR) is 64.7 cm³/mol. The molecule has 0 radical (unpaired) electrons. The molecule has 2 aliphatic heterocycles. The number of aliphatic imine (C=N–C) groups is 1. The maximum atomic E-state index is 12.1. The van der Waals surface area contributed by atoms with E-state index >= 15 is 0 Å². The van der Waals surface area contributed by atoms with E-state index in [0.717, 1.165) is 25.9 Å². The topological polar surface area (TPSA) is 71.2 Å². The summed E-state index contributed by atoms with van der Waals surface area (Å²) < 4.78 is 5.41. The van der Waals surface area contributed by atoms with E-state index in [-0.39, 0.29) is 12.0 Å². The maximum Gasteiger partial charge on any atom is 0.251 e. The van der Waals surface area contributed by atoms with Gasteiger partial charge in [-0.25, -0.2) is 0 Å². The van der Waals surface area contributed by atoms with E-state index in [2.05, 4.69) is 4.99 Å². The van der Waals surface area contributed by atoms with E-state index in [1.54, 1.807) is 7.05 Å². The van der Waals surface area contributed by atoms with Gasteiger partial charge in [0.2, 0.25) is 0 Å². The zero-order chi connectivity index (χ0) is 12.3. The number of carbonyl (C=O) groups excluding carboxylic acids is 1. The van der Waals surface area contributed by atoms with Gasteiger partial charge in [0, 0.05) is 39.8 Å². The first-order valence-corrected chi connectivity index (χ1v) is 6.10. The molecule has 2 saturated heterocycles. The van der Waals surface area contributed by atoms with Crippen LogP contribution in [0, 0.1) is 0 Å². The summed E-state index contributed by atoms with van der Waals surface area (Å²) in [4.78, 5) is 19.9. The second-order valence-electron chi connectivity index (χ2n) is 4.40. The molecule has 0 saturated carbocycles. The zero-order valence-corrected chi connectivity index (χ0v) is 10.3. The Morgan fingerprint density at radius 1 is 1.29 bits per heavy atom. The highest BCUT2D eigenvalue weighted by atomic mass is 16.5. The smallest absolute Gasteiger partial charge is 0.251 e. The van der Waals surface area contributed by atoms with Crippen LogP contribution in [0.3, 0.4) is 0 Å². The van der Waals surface area contributed by atoms with E-state index in [1.807, 2.05) is 9.80 Å². The first-order chi connectivity index (χ1) is 8.22. The molecule has 6 nitrogen and oxygen atoms in total. The minimum absolute atomic E-state index is 0.133. The van der Waals surface area contributed by atoms with E-state index in [1.165, 1.54) is 0 Å². The summed E-state index contributed by atoms with van der Waals surface area (Å²) in [5.41, 5.74) is 5.74. The molecule has 2 heterocycles. The van der Waals surface area contributed by atoms with Crippen molar-refractivity contribution in [2.75, 3.05) is 39.8 Å². The number of guanidine groups is 1. The monoisotopic (exact) mass is 240 g/mol. The molecule has 0 bridgehead atoms. The molecule has 0 aromatic carbocycles. The molecular weight excluding hydrogens is 220 g/mol. The van der Waals surface area contributed by atoms with Gasteiger partial charge in [-0.05, 0) is 12.8 Å². The van der Waals surface area contributed by atoms with Gasteiger partial charge in [-0.2, -0.15) is 0 Å². The lowest BCUT2D eigenvalue weighted by atomic mass is 10.2. The lowest BCUT2D eigenvalue weighted by Gasteiger charge is -2.36. The van der Waals surface area contributed by atoms with Gasteiger partial charge in [-0.1, -0.05) is 0 Å². The fourth-order valence-corrected chi connectivity index (χ4v) is 2.27. The van der Waals surface area contributed by atoms with Crippen LogP contribution in [0.2, 0.25) is 0 Å². The van der Waals surface area contributed by atoms with Gasteiger partial charge >= 0.3 is 0 Å². The van der Waals surface area contributed by atoms with Crippen LogP contribution in [0.5, 0.6) is 0 Å². The SMILES string of the molecule is CN=C(N)N1CCN(C(=O)C2CCCO2)CC1. The van der Waals surface area contributed by atoms with Crippen molar-refractivity contribution in [3.63, 3.8) is 0 Å². The Balaban J connectivity index is 1.84. The van der Waals surface area contributed by atoms with Crippen molar-refractivity contribution in [3.8, 4) is 0 Å². The Kier molecular flexibility index (Phi) is 3.83. The molecule has 0 aromatic heterocycles. The fourth-order valence-electron chi connectivity index (χ4n) is 2.27. The molecule has 0 spiro atoms. The molecule has 0 aromatic rings. The number of nitrogens with zero attached hydrogens (tertiary/aromatic N) is 3. The van der Waals surface area contributed by atoms with Crippen LogP contribution in [-0.2, 0) is 9.53 Å². The average molecular weight is 240 g/mol. The van der Waals surface area contributed by atoms with Crippen molar-refractivity contribution in [2.45, 2.75) is 18.9 Å². The van der Waals surface area contributed by atoms with Crippen LogP contribution in [0.15, 0.2) is 4.99 Å². The standard InChI is InChI=1S/C11H20N4O2/c1-13-11(12)15-6-4-14(5-7-15)10(16)9-3-2-8-17-9/h9H,2-8H2,1H3,(H2,12,13). The summed E-state index contributed by atoms with van der Waals surface area (Å²) in [6.45, 7) is 3.62. The van der Waals surface area contributed by atoms with Gasteiger partial charge in [-0.3, -0.25) is 9.79 Å². The molecule has 2 rings (SSSR count). The van der Waals surface area contributed by atoms with Gasteiger partial charge in [0.15, 0.2) is 5.96 Å². The average Bonchev–Trinajstić information content (AvgIpc) is 2.91. The van der Waals surface area contributed by atoms with Gasteiger partial charge < -0.3 is 20.3 Å². The van der Waals surface area contributed by atoms with Crippen LogP contribution >= 0.6 is 0 Å². The Labute approximate surface area is 101 Å². The van der Waals surface area contributed by atoms with Crippen molar-refractivity contribution >= 4 is 11.9 Å². The first-order valence-electron chi connectivity index (χ1n) is 6.10. The predicted octanol–water partition coefficient (Wildman–Crippen LogP) is -0.746. The Bertz CT molecular complexity index is 305. The van der Waals surface area contributed by atoms with Crippen molar-refractivity contribution in [3.05, 3.63) is 0 Å². The molecule has 2 N–H and O–H groups in total. The molecule has 1 atom stereocenters. The van der Waals surface area contributed by atoms with Crippen molar-refractivity contribution < 1.29 is 9.53 Å². The first kappa shape index (κ1) is 12.2. The summed E-state index contributed by atoms with van der Waals surface area (Å²) >= 11 is 0. The van der Waals surface area contributed by atoms with Crippen LogP contribution in [-0.4, -0.2) is 67.6 Å². The summed E-state index contributed by atoms with van der Waals surface area (Å²) in [6.07, 6.45) is 1.64. The van der Waals surface area contributed by atoms with Crippen LogP contribution in [0.4, 0.5) is 0 Å². The highest BCUT2D eigenvalue weighted by molar-refractivity contribution is 5.82. The number of hydrogen-bond acceptors (Lipinski definition) is 3. The zero-order valence-electron chi connectivity index (χ0n) is 10.3. The van der Waals surface area contributed by atoms with E-state index in [0.29, 0.717) is 25.7 Å². The lowest BCUT2D eigenvalue weighted by molar-refractivity contribution is -0.142. The molecule has 2 aliphatic rings. The van der Waals surface area contributed by atoms with E-state index < -0.39 is 0 Å². The number of ether oxygens (including phenoxy) is 1. The molecule has 6 heteroatoms. The van der Waals surface area contributed by atoms with E-state index in [9.17, 15) is 4.79 Å². The summed E-state index contributed by atoms with van der Waals surface area (Å²) in [5, 5.41) is 0. The van der Waals surface area contributed by atoms with Gasteiger partial charge in [0.25, 0.3) is 5.91 Å². The number of nitrogens with two attached hydrogens (primary N) is 1. The Morgan fingerprint density at radius 3 is 2.47 bits per heavy atom. The maximum absolute atomic E-state index is 12.1. The van der Waals surface area contributed by atoms with Gasteiger partial charge in [-0.15, -0.1) is 0 Å².